The lowest BCUT2D eigenvalue weighted by Crippen LogP contribution is -2.47. The Hall–Kier alpha value is 0.120. The van der Waals surface area contributed by atoms with Gasteiger partial charge in [-0.25, -0.2) is 4.72 Å². The van der Waals surface area contributed by atoms with Crippen molar-refractivity contribution in [1.82, 2.24) is 14.8 Å². The highest BCUT2D eigenvalue weighted by Gasteiger charge is 2.18. The van der Waals surface area contributed by atoms with Crippen LogP contribution in [0.15, 0.2) is 0 Å². The molecule has 0 aliphatic carbocycles. The third-order valence-electron chi connectivity index (χ3n) is 2.20. The largest absolute Gasteiger partial charge is 0.317 e. The van der Waals surface area contributed by atoms with Gasteiger partial charge in [0.1, 0.15) is 0 Å². The van der Waals surface area contributed by atoms with Crippen LogP contribution in [0.5, 0.6) is 0 Å². The molecule has 0 saturated carbocycles. The van der Waals surface area contributed by atoms with E-state index in [9.17, 15) is 8.42 Å². The number of hydrogen-bond donors (Lipinski definition) is 3. The summed E-state index contributed by atoms with van der Waals surface area (Å²) in [5, 5.41) is 3.19. The summed E-state index contributed by atoms with van der Waals surface area (Å²) in [6.07, 6.45) is 2.55. The quantitative estimate of drug-likeness (QED) is 0.649. The molecule has 1 heterocycles. The lowest BCUT2D eigenvalue weighted by Gasteiger charge is -2.23. The second-order valence-corrected chi connectivity index (χ2v) is 5.07. The molecule has 7 heteroatoms. The van der Waals surface area contributed by atoms with Crippen LogP contribution in [0, 0.1) is 0 Å². The van der Waals surface area contributed by atoms with Gasteiger partial charge in [-0.2, -0.15) is 13.1 Å². The van der Waals surface area contributed by atoms with Gasteiger partial charge in [0, 0.05) is 12.6 Å². The Morgan fingerprint density at radius 2 is 1.93 bits per heavy atom. The molecule has 0 aromatic heterocycles. The standard InChI is InChI=1S/C8H19N3O2S.ClH/c1-2-5-10-14(12,13)11-8-3-6-9-7-4-8;/h8-11H,2-7H2,1H3;1H. The zero-order valence-electron chi connectivity index (χ0n) is 8.95. The molecule has 0 aromatic carbocycles. The Bertz CT molecular complexity index is 253. The molecule has 92 valence electrons. The van der Waals surface area contributed by atoms with E-state index < -0.39 is 10.2 Å². The Morgan fingerprint density at radius 1 is 1.33 bits per heavy atom. The summed E-state index contributed by atoms with van der Waals surface area (Å²) in [7, 11) is -3.27. The van der Waals surface area contributed by atoms with Crippen LogP contribution in [0.4, 0.5) is 0 Å². The zero-order chi connectivity index (χ0) is 10.4. The summed E-state index contributed by atoms with van der Waals surface area (Å²) in [4.78, 5) is 0. The Morgan fingerprint density at radius 3 is 2.47 bits per heavy atom. The molecular weight excluding hydrogens is 238 g/mol. The first kappa shape index (κ1) is 15.1. The summed E-state index contributed by atoms with van der Waals surface area (Å²) >= 11 is 0. The highest BCUT2D eigenvalue weighted by molar-refractivity contribution is 7.87. The van der Waals surface area contributed by atoms with E-state index in [0.29, 0.717) is 6.54 Å². The van der Waals surface area contributed by atoms with Gasteiger partial charge in [0.25, 0.3) is 10.2 Å². The molecule has 3 N–H and O–H groups in total. The lowest BCUT2D eigenvalue weighted by atomic mass is 10.1. The normalized spacial score (nSPS) is 18.5. The maximum Gasteiger partial charge on any atom is 0.277 e. The van der Waals surface area contributed by atoms with E-state index in [-0.39, 0.29) is 18.4 Å². The van der Waals surface area contributed by atoms with E-state index >= 15 is 0 Å². The first-order valence-corrected chi connectivity index (χ1v) is 6.60. The predicted molar refractivity (Wildman–Crippen MR) is 63.5 cm³/mol. The smallest absolute Gasteiger partial charge is 0.277 e. The van der Waals surface area contributed by atoms with Crippen LogP contribution in [0.25, 0.3) is 0 Å². The van der Waals surface area contributed by atoms with Gasteiger partial charge in [-0.3, -0.25) is 0 Å². The molecule has 0 unspecified atom stereocenters. The Balaban J connectivity index is 0.00000196. The second kappa shape index (κ2) is 7.40. The van der Waals surface area contributed by atoms with Gasteiger partial charge < -0.3 is 5.32 Å². The fraction of sp³-hybridized carbons (Fsp3) is 1.00. The molecule has 0 amide bonds. The average molecular weight is 258 g/mol. The molecule has 1 aliphatic rings. The molecule has 5 nitrogen and oxygen atoms in total. The molecule has 15 heavy (non-hydrogen) atoms. The van der Waals surface area contributed by atoms with E-state index in [4.69, 9.17) is 0 Å². The van der Waals surface area contributed by atoms with Crippen LogP contribution in [-0.4, -0.2) is 34.1 Å². The predicted octanol–water partition coefficient (Wildman–Crippen LogP) is -0.00580. The van der Waals surface area contributed by atoms with Crippen molar-refractivity contribution in [1.29, 1.82) is 0 Å². The summed E-state index contributed by atoms with van der Waals surface area (Å²) in [5.74, 6) is 0. The molecule has 1 fully saturated rings. The van der Waals surface area contributed by atoms with Crippen molar-refractivity contribution in [2.75, 3.05) is 19.6 Å². The Labute approximate surface area is 98.0 Å². The lowest BCUT2D eigenvalue weighted by molar-refractivity contribution is 0.424. The minimum absolute atomic E-state index is 0. The van der Waals surface area contributed by atoms with Gasteiger partial charge in [-0.1, -0.05) is 6.92 Å². The first-order chi connectivity index (χ1) is 6.64. The van der Waals surface area contributed by atoms with Crippen LogP contribution >= 0.6 is 12.4 Å². The maximum atomic E-state index is 11.4. The number of halogens is 1. The maximum absolute atomic E-state index is 11.4. The van der Waals surface area contributed by atoms with Crippen molar-refractivity contribution in [2.45, 2.75) is 32.2 Å². The minimum Gasteiger partial charge on any atom is -0.317 e. The van der Waals surface area contributed by atoms with Gasteiger partial charge in [0.2, 0.25) is 0 Å². The molecule has 1 saturated heterocycles. The van der Waals surface area contributed by atoms with Crippen LogP contribution in [-0.2, 0) is 10.2 Å². The van der Waals surface area contributed by atoms with Gasteiger partial charge in [0.05, 0.1) is 0 Å². The second-order valence-electron chi connectivity index (χ2n) is 3.54. The van der Waals surface area contributed by atoms with Crippen molar-refractivity contribution in [3.63, 3.8) is 0 Å². The van der Waals surface area contributed by atoms with E-state index in [0.717, 1.165) is 32.4 Å². The monoisotopic (exact) mass is 257 g/mol. The topological polar surface area (TPSA) is 70.2 Å². The number of hydrogen-bond acceptors (Lipinski definition) is 3. The molecule has 0 radical (unpaired) electrons. The van der Waals surface area contributed by atoms with Crippen molar-refractivity contribution in [3.05, 3.63) is 0 Å². The zero-order valence-corrected chi connectivity index (χ0v) is 10.6. The van der Waals surface area contributed by atoms with Crippen LogP contribution in [0.3, 0.4) is 0 Å². The molecule has 0 bridgehead atoms. The van der Waals surface area contributed by atoms with Crippen LogP contribution < -0.4 is 14.8 Å². The number of nitrogens with one attached hydrogen (secondary N) is 3. The van der Waals surface area contributed by atoms with E-state index in [1.807, 2.05) is 6.92 Å². The summed E-state index contributed by atoms with van der Waals surface area (Å²) in [6.45, 7) is 4.22. The molecular formula is C8H20ClN3O2S. The van der Waals surface area contributed by atoms with E-state index in [2.05, 4.69) is 14.8 Å². The summed E-state index contributed by atoms with van der Waals surface area (Å²) in [5.41, 5.74) is 0. The third kappa shape index (κ3) is 6.32. The van der Waals surface area contributed by atoms with E-state index in [1.165, 1.54) is 0 Å². The fourth-order valence-electron chi connectivity index (χ4n) is 1.44. The van der Waals surface area contributed by atoms with Gasteiger partial charge >= 0.3 is 0 Å². The summed E-state index contributed by atoms with van der Waals surface area (Å²) in [6, 6.07) is 0.0885. The molecule has 0 atom stereocenters. The van der Waals surface area contributed by atoms with Gasteiger partial charge in [0.15, 0.2) is 0 Å². The highest BCUT2D eigenvalue weighted by atomic mass is 35.5. The third-order valence-corrected chi connectivity index (χ3v) is 3.43. The van der Waals surface area contributed by atoms with Crippen molar-refractivity contribution in [2.24, 2.45) is 0 Å². The van der Waals surface area contributed by atoms with Gasteiger partial charge in [-0.05, 0) is 32.4 Å². The van der Waals surface area contributed by atoms with Crippen molar-refractivity contribution < 1.29 is 8.42 Å². The molecule has 1 rings (SSSR count). The Kier molecular flexibility index (Phi) is 7.46. The first-order valence-electron chi connectivity index (χ1n) is 5.11. The number of piperidine rings is 1. The summed E-state index contributed by atoms with van der Waals surface area (Å²) < 4.78 is 28.0. The average Bonchev–Trinajstić information content (AvgIpc) is 2.16. The van der Waals surface area contributed by atoms with E-state index in [1.54, 1.807) is 0 Å². The molecule has 1 aliphatic heterocycles. The number of rotatable bonds is 5. The van der Waals surface area contributed by atoms with Gasteiger partial charge in [-0.15, -0.1) is 12.4 Å². The highest BCUT2D eigenvalue weighted by Crippen LogP contribution is 2.02. The molecule has 0 aromatic rings. The SMILES string of the molecule is CCCNS(=O)(=O)NC1CCNCC1.Cl. The minimum atomic E-state index is -3.27. The van der Waals surface area contributed by atoms with Crippen molar-refractivity contribution >= 4 is 22.6 Å². The van der Waals surface area contributed by atoms with Crippen molar-refractivity contribution in [3.8, 4) is 0 Å². The van der Waals surface area contributed by atoms with Crippen LogP contribution in [0.2, 0.25) is 0 Å². The van der Waals surface area contributed by atoms with Crippen LogP contribution in [0.1, 0.15) is 26.2 Å². The molecule has 0 spiro atoms. The fourth-order valence-corrected chi connectivity index (χ4v) is 2.67.